The van der Waals surface area contributed by atoms with Crippen molar-refractivity contribution in [1.29, 1.82) is 0 Å². The number of aromatic nitrogens is 2. The monoisotopic (exact) mass is 223 g/mol. The van der Waals surface area contributed by atoms with E-state index in [1.165, 1.54) is 0 Å². The lowest BCUT2D eigenvalue weighted by Crippen LogP contribution is -2.16. The van der Waals surface area contributed by atoms with E-state index < -0.39 is 0 Å². The van der Waals surface area contributed by atoms with Crippen LogP contribution in [0.2, 0.25) is 0 Å². The standard InChI is InChI=1S/C12H21N3O/c1-5-7-9(3)13-11-8-12(16-6-2)15-10(4)14-11/h8-9H,5-7H2,1-4H3,(H,13,14,15). The summed E-state index contributed by atoms with van der Waals surface area (Å²) in [6, 6.07) is 2.27. The summed E-state index contributed by atoms with van der Waals surface area (Å²) in [5.74, 6) is 2.22. The Hall–Kier alpha value is -1.32. The lowest BCUT2D eigenvalue weighted by atomic mass is 10.2. The van der Waals surface area contributed by atoms with Gasteiger partial charge in [-0.1, -0.05) is 13.3 Å². The molecule has 0 saturated carbocycles. The van der Waals surface area contributed by atoms with Gasteiger partial charge in [0.15, 0.2) is 0 Å². The first-order valence-corrected chi connectivity index (χ1v) is 5.90. The molecule has 1 heterocycles. The molecule has 1 atom stereocenters. The zero-order chi connectivity index (χ0) is 12.0. The topological polar surface area (TPSA) is 47.0 Å². The van der Waals surface area contributed by atoms with Crippen LogP contribution in [0.4, 0.5) is 5.82 Å². The second-order valence-electron chi connectivity index (χ2n) is 3.91. The number of hydrogen-bond acceptors (Lipinski definition) is 4. The fraction of sp³-hybridized carbons (Fsp3) is 0.667. The molecule has 0 bridgehead atoms. The van der Waals surface area contributed by atoms with Crippen LogP contribution in [-0.2, 0) is 0 Å². The molecule has 0 saturated heterocycles. The van der Waals surface area contributed by atoms with Crippen molar-refractivity contribution in [3.63, 3.8) is 0 Å². The Morgan fingerprint density at radius 2 is 2.12 bits per heavy atom. The summed E-state index contributed by atoms with van der Waals surface area (Å²) in [5.41, 5.74) is 0. The van der Waals surface area contributed by atoms with Gasteiger partial charge in [0.05, 0.1) is 6.61 Å². The van der Waals surface area contributed by atoms with Crippen LogP contribution in [-0.4, -0.2) is 22.6 Å². The quantitative estimate of drug-likeness (QED) is 0.805. The number of rotatable bonds is 6. The van der Waals surface area contributed by atoms with Gasteiger partial charge in [-0.25, -0.2) is 4.98 Å². The highest BCUT2D eigenvalue weighted by atomic mass is 16.5. The molecule has 0 fully saturated rings. The normalized spacial score (nSPS) is 12.2. The van der Waals surface area contributed by atoms with Crippen LogP contribution in [0.25, 0.3) is 0 Å². The van der Waals surface area contributed by atoms with Crippen molar-refractivity contribution in [2.24, 2.45) is 0 Å². The molecule has 90 valence electrons. The van der Waals surface area contributed by atoms with Gasteiger partial charge >= 0.3 is 0 Å². The molecule has 4 heteroatoms. The van der Waals surface area contributed by atoms with Crippen molar-refractivity contribution < 1.29 is 4.74 Å². The Labute approximate surface area is 97.5 Å². The molecule has 1 aromatic rings. The van der Waals surface area contributed by atoms with Crippen molar-refractivity contribution in [3.05, 3.63) is 11.9 Å². The average Bonchev–Trinajstić information content (AvgIpc) is 2.17. The minimum Gasteiger partial charge on any atom is -0.478 e. The van der Waals surface area contributed by atoms with Gasteiger partial charge in [0.25, 0.3) is 0 Å². The first kappa shape index (κ1) is 12.7. The highest BCUT2D eigenvalue weighted by Gasteiger charge is 2.05. The molecule has 0 spiro atoms. The molecular weight excluding hydrogens is 202 g/mol. The third-order valence-electron chi connectivity index (χ3n) is 2.22. The third-order valence-corrected chi connectivity index (χ3v) is 2.22. The highest BCUT2D eigenvalue weighted by Crippen LogP contribution is 2.15. The van der Waals surface area contributed by atoms with Crippen LogP contribution in [0, 0.1) is 6.92 Å². The summed E-state index contributed by atoms with van der Waals surface area (Å²) in [6.45, 7) is 8.78. The Bertz CT molecular complexity index is 328. The van der Waals surface area contributed by atoms with E-state index in [-0.39, 0.29) is 0 Å². The zero-order valence-corrected chi connectivity index (χ0v) is 10.6. The minimum absolute atomic E-state index is 0.425. The predicted molar refractivity (Wildman–Crippen MR) is 65.9 cm³/mol. The maximum absolute atomic E-state index is 5.38. The number of anilines is 1. The van der Waals surface area contributed by atoms with Crippen LogP contribution >= 0.6 is 0 Å². The first-order chi connectivity index (χ1) is 7.65. The molecular formula is C12H21N3O. The van der Waals surface area contributed by atoms with E-state index in [1.54, 1.807) is 0 Å². The summed E-state index contributed by atoms with van der Waals surface area (Å²) in [5, 5.41) is 3.35. The van der Waals surface area contributed by atoms with E-state index in [1.807, 2.05) is 19.9 Å². The van der Waals surface area contributed by atoms with Crippen molar-refractivity contribution >= 4 is 5.82 Å². The van der Waals surface area contributed by atoms with Gasteiger partial charge < -0.3 is 10.1 Å². The average molecular weight is 223 g/mol. The number of nitrogens with zero attached hydrogens (tertiary/aromatic N) is 2. The van der Waals surface area contributed by atoms with Crippen LogP contribution in [0.5, 0.6) is 5.88 Å². The van der Waals surface area contributed by atoms with Crippen molar-refractivity contribution in [1.82, 2.24) is 9.97 Å². The largest absolute Gasteiger partial charge is 0.478 e. The fourth-order valence-electron chi connectivity index (χ4n) is 1.59. The summed E-state index contributed by atoms with van der Waals surface area (Å²) in [4.78, 5) is 8.54. The third kappa shape index (κ3) is 4.04. The van der Waals surface area contributed by atoms with Crippen LogP contribution < -0.4 is 10.1 Å². The summed E-state index contributed by atoms with van der Waals surface area (Å²) >= 11 is 0. The molecule has 1 aromatic heterocycles. The van der Waals surface area contributed by atoms with E-state index in [2.05, 4.69) is 29.1 Å². The van der Waals surface area contributed by atoms with Gasteiger partial charge in [-0.3, -0.25) is 0 Å². The maximum Gasteiger partial charge on any atom is 0.218 e. The fourth-order valence-corrected chi connectivity index (χ4v) is 1.59. The van der Waals surface area contributed by atoms with E-state index in [0.717, 1.165) is 24.5 Å². The molecule has 0 aliphatic carbocycles. The number of hydrogen-bond donors (Lipinski definition) is 1. The Morgan fingerprint density at radius 3 is 2.75 bits per heavy atom. The van der Waals surface area contributed by atoms with Crippen LogP contribution in [0.15, 0.2) is 6.07 Å². The molecule has 1 unspecified atom stereocenters. The zero-order valence-electron chi connectivity index (χ0n) is 10.6. The summed E-state index contributed by atoms with van der Waals surface area (Å²) in [6.07, 6.45) is 2.30. The van der Waals surface area contributed by atoms with Gasteiger partial charge in [0, 0.05) is 12.1 Å². The second-order valence-corrected chi connectivity index (χ2v) is 3.91. The molecule has 1 N–H and O–H groups in total. The predicted octanol–water partition coefficient (Wildman–Crippen LogP) is 2.78. The maximum atomic E-state index is 5.38. The summed E-state index contributed by atoms with van der Waals surface area (Å²) in [7, 11) is 0. The lowest BCUT2D eigenvalue weighted by molar-refractivity contribution is 0.325. The van der Waals surface area contributed by atoms with Gasteiger partial charge in [-0.2, -0.15) is 4.98 Å². The molecule has 0 aliphatic heterocycles. The molecule has 4 nitrogen and oxygen atoms in total. The molecule has 0 aliphatic rings. The highest BCUT2D eigenvalue weighted by molar-refractivity contribution is 5.39. The van der Waals surface area contributed by atoms with Crippen molar-refractivity contribution in [3.8, 4) is 5.88 Å². The number of aryl methyl sites for hydroxylation is 1. The van der Waals surface area contributed by atoms with Crippen LogP contribution in [0.1, 0.15) is 39.4 Å². The van der Waals surface area contributed by atoms with Gasteiger partial charge in [0.1, 0.15) is 11.6 Å². The van der Waals surface area contributed by atoms with Crippen molar-refractivity contribution in [2.45, 2.75) is 46.6 Å². The second kappa shape index (κ2) is 6.30. The molecule has 0 radical (unpaired) electrons. The molecule has 16 heavy (non-hydrogen) atoms. The Balaban J connectivity index is 2.71. The minimum atomic E-state index is 0.425. The van der Waals surface area contributed by atoms with Gasteiger partial charge in [-0.05, 0) is 27.2 Å². The Kier molecular flexibility index (Phi) is 5.02. The van der Waals surface area contributed by atoms with Gasteiger partial charge in [-0.15, -0.1) is 0 Å². The lowest BCUT2D eigenvalue weighted by Gasteiger charge is -2.14. The number of nitrogens with one attached hydrogen (secondary N) is 1. The van der Waals surface area contributed by atoms with Crippen molar-refractivity contribution in [2.75, 3.05) is 11.9 Å². The van der Waals surface area contributed by atoms with E-state index in [4.69, 9.17) is 4.74 Å². The van der Waals surface area contributed by atoms with E-state index >= 15 is 0 Å². The molecule has 0 aromatic carbocycles. The smallest absolute Gasteiger partial charge is 0.218 e. The SMILES string of the molecule is CCCC(C)Nc1cc(OCC)nc(C)n1. The summed E-state index contributed by atoms with van der Waals surface area (Å²) < 4.78 is 5.38. The van der Waals surface area contributed by atoms with Crippen LogP contribution in [0.3, 0.4) is 0 Å². The van der Waals surface area contributed by atoms with E-state index in [0.29, 0.717) is 18.5 Å². The molecule has 1 rings (SSSR count). The van der Waals surface area contributed by atoms with Gasteiger partial charge in [0.2, 0.25) is 5.88 Å². The van der Waals surface area contributed by atoms with E-state index in [9.17, 15) is 0 Å². The molecule has 0 amide bonds. The Morgan fingerprint density at radius 1 is 1.38 bits per heavy atom. The first-order valence-electron chi connectivity index (χ1n) is 5.90. The number of ether oxygens (including phenoxy) is 1.